The summed E-state index contributed by atoms with van der Waals surface area (Å²) in [6.45, 7) is 3.70. The molecule has 94 valence electrons. The summed E-state index contributed by atoms with van der Waals surface area (Å²) < 4.78 is 0. The molecule has 3 heteroatoms. The van der Waals surface area contributed by atoms with E-state index >= 15 is 0 Å². The fourth-order valence-corrected chi connectivity index (χ4v) is 3.51. The topological polar surface area (TPSA) is 32.3 Å². The first kappa shape index (κ1) is 12.9. The Morgan fingerprint density at radius 3 is 2.82 bits per heavy atom. The fourth-order valence-electron chi connectivity index (χ4n) is 2.49. The zero-order valence-electron chi connectivity index (χ0n) is 10.8. The molecule has 2 rings (SSSR count). The van der Waals surface area contributed by atoms with Gasteiger partial charge >= 0.3 is 0 Å². The van der Waals surface area contributed by atoms with Crippen LogP contribution < -0.4 is 5.32 Å². The number of likely N-dealkylation sites (N-methyl/N-ethyl adjacent to an activating group) is 1. The van der Waals surface area contributed by atoms with Gasteiger partial charge in [0.05, 0.1) is 11.6 Å². The predicted octanol–water partition coefficient (Wildman–Crippen LogP) is 2.76. The molecule has 0 saturated heterocycles. The molecule has 17 heavy (non-hydrogen) atoms. The van der Waals surface area contributed by atoms with Crippen LogP contribution >= 0.6 is 11.8 Å². The molecule has 0 fully saturated rings. The van der Waals surface area contributed by atoms with E-state index in [-0.39, 0.29) is 6.04 Å². The van der Waals surface area contributed by atoms with Crippen LogP contribution in [0.25, 0.3) is 0 Å². The second-order valence-electron chi connectivity index (χ2n) is 5.19. The standard InChI is InChI=1S/C14H21NOS/c1-14(2,16)13(15-3)11-6-7-12-10(9-11)5-4-8-17-12/h6-7,9,13,15-16H,4-5,8H2,1-3H3. The molecule has 1 unspecified atom stereocenters. The molecule has 2 nitrogen and oxygen atoms in total. The molecule has 0 bridgehead atoms. The van der Waals surface area contributed by atoms with E-state index in [9.17, 15) is 5.11 Å². The van der Waals surface area contributed by atoms with Crippen LogP contribution in [0.1, 0.15) is 37.4 Å². The lowest BCUT2D eigenvalue weighted by molar-refractivity contribution is 0.0400. The summed E-state index contributed by atoms with van der Waals surface area (Å²) in [5.74, 6) is 1.23. The van der Waals surface area contributed by atoms with Gasteiger partial charge in [0, 0.05) is 4.90 Å². The smallest absolute Gasteiger partial charge is 0.0785 e. The number of thioether (sulfide) groups is 1. The summed E-state index contributed by atoms with van der Waals surface area (Å²) in [5.41, 5.74) is 1.87. The Bertz CT molecular complexity index is 398. The van der Waals surface area contributed by atoms with Crippen molar-refractivity contribution in [2.75, 3.05) is 12.8 Å². The van der Waals surface area contributed by atoms with E-state index in [4.69, 9.17) is 0 Å². The summed E-state index contributed by atoms with van der Waals surface area (Å²) >= 11 is 1.94. The van der Waals surface area contributed by atoms with E-state index in [0.717, 1.165) is 0 Å². The Kier molecular flexibility index (Phi) is 3.81. The van der Waals surface area contributed by atoms with Gasteiger partial charge in [-0.25, -0.2) is 0 Å². The van der Waals surface area contributed by atoms with Crippen LogP contribution in [0.2, 0.25) is 0 Å². The third-order valence-corrected chi connectivity index (χ3v) is 4.46. The van der Waals surface area contributed by atoms with Gasteiger partial charge in [-0.3, -0.25) is 0 Å². The second kappa shape index (κ2) is 5.01. The van der Waals surface area contributed by atoms with Crippen LogP contribution in [0, 0.1) is 0 Å². The third kappa shape index (κ3) is 2.84. The van der Waals surface area contributed by atoms with Crippen LogP contribution in [0.3, 0.4) is 0 Å². The van der Waals surface area contributed by atoms with Crippen molar-refractivity contribution in [1.82, 2.24) is 5.32 Å². The van der Waals surface area contributed by atoms with Crippen molar-refractivity contribution in [3.8, 4) is 0 Å². The van der Waals surface area contributed by atoms with Crippen LogP contribution in [-0.4, -0.2) is 23.5 Å². The highest BCUT2D eigenvalue weighted by Gasteiger charge is 2.27. The predicted molar refractivity (Wildman–Crippen MR) is 73.6 cm³/mol. The summed E-state index contributed by atoms with van der Waals surface area (Å²) in [6.07, 6.45) is 2.42. The molecular formula is C14H21NOS. The van der Waals surface area contributed by atoms with Crippen molar-refractivity contribution in [2.45, 2.75) is 43.2 Å². The summed E-state index contributed by atoms with van der Waals surface area (Å²) in [6, 6.07) is 6.57. The average molecular weight is 251 g/mol. The van der Waals surface area contributed by atoms with Gasteiger partial charge in [-0.15, -0.1) is 11.8 Å². The van der Waals surface area contributed by atoms with E-state index in [1.54, 1.807) is 0 Å². The Morgan fingerprint density at radius 1 is 1.41 bits per heavy atom. The maximum absolute atomic E-state index is 10.2. The van der Waals surface area contributed by atoms with Gasteiger partial charge in [0.15, 0.2) is 0 Å². The van der Waals surface area contributed by atoms with Crippen LogP contribution in [0.5, 0.6) is 0 Å². The van der Waals surface area contributed by atoms with Crippen molar-refractivity contribution in [3.63, 3.8) is 0 Å². The van der Waals surface area contributed by atoms with Crippen molar-refractivity contribution >= 4 is 11.8 Å². The molecule has 0 spiro atoms. The molecular weight excluding hydrogens is 230 g/mol. The lowest BCUT2D eigenvalue weighted by Crippen LogP contribution is -2.37. The molecule has 0 saturated carbocycles. The number of aryl methyl sites for hydroxylation is 1. The number of aliphatic hydroxyl groups is 1. The number of hydrogen-bond acceptors (Lipinski definition) is 3. The number of rotatable bonds is 3. The minimum atomic E-state index is -0.745. The van der Waals surface area contributed by atoms with Gasteiger partial charge in [-0.05, 0) is 56.7 Å². The van der Waals surface area contributed by atoms with E-state index in [1.807, 2.05) is 32.7 Å². The molecule has 1 atom stereocenters. The summed E-state index contributed by atoms with van der Waals surface area (Å²) in [5, 5.41) is 13.4. The number of nitrogens with one attached hydrogen (secondary N) is 1. The highest BCUT2D eigenvalue weighted by molar-refractivity contribution is 7.99. The Hall–Kier alpha value is -0.510. The normalized spacial score (nSPS) is 17.6. The number of benzene rings is 1. The van der Waals surface area contributed by atoms with Crippen molar-refractivity contribution in [2.24, 2.45) is 0 Å². The average Bonchev–Trinajstić information content (AvgIpc) is 2.28. The van der Waals surface area contributed by atoms with Crippen molar-refractivity contribution in [3.05, 3.63) is 29.3 Å². The van der Waals surface area contributed by atoms with Gasteiger partial charge in [-0.2, -0.15) is 0 Å². The Morgan fingerprint density at radius 2 is 2.18 bits per heavy atom. The van der Waals surface area contributed by atoms with Gasteiger partial charge in [0.1, 0.15) is 0 Å². The largest absolute Gasteiger partial charge is 0.388 e. The monoisotopic (exact) mass is 251 g/mol. The van der Waals surface area contributed by atoms with Gasteiger partial charge in [0.2, 0.25) is 0 Å². The van der Waals surface area contributed by atoms with Gasteiger partial charge < -0.3 is 10.4 Å². The third-order valence-electron chi connectivity index (χ3n) is 3.26. The van der Waals surface area contributed by atoms with E-state index in [2.05, 4.69) is 23.5 Å². The first-order valence-electron chi connectivity index (χ1n) is 6.17. The molecule has 0 amide bonds. The lowest BCUT2D eigenvalue weighted by Gasteiger charge is -2.30. The maximum Gasteiger partial charge on any atom is 0.0785 e. The van der Waals surface area contributed by atoms with Crippen molar-refractivity contribution in [1.29, 1.82) is 0 Å². The number of hydrogen-bond donors (Lipinski definition) is 2. The van der Waals surface area contributed by atoms with Crippen LogP contribution in [-0.2, 0) is 6.42 Å². The maximum atomic E-state index is 10.2. The molecule has 2 N–H and O–H groups in total. The minimum absolute atomic E-state index is 0.0141. The SMILES string of the molecule is CNC(c1ccc2c(c1)CCCS2)C(C)(C)O. The molecule has 0 aromatic heterocycles. The Labute approximate surface area is 108 Å². The molecule has 1 aromatic carbocycles. The molecule has 0 aliphatic carbocycles. The van der Waals surface area contributed by atoms with E-state index in [0.29, 0.717) is 0 Å². The van der Waals surface area contributed by atoms with Crippen LogP contribution in [0.15, 0.2) is 23.1 Å². The Balaban J connectivity index is 2.32. The zero-order chi connectivity index (χ0) is 12.5. The summed E-state index contributed by atoms with van der Waals surface area (Å²) in [7, 11) is 1.90. The minimum Gasteiger partial charge on any atom is -0.388 e. The number of fused-ring (bicyclic) bond motifs is 1. The zero-order valence-corrected chi connectivity index (χ0v) is 11.6. The molecule has 1 aliphatic heterocycles. The van der Waals surface area contributed by atoms with E-state index < -0.39 is 5.60 Å². The molecule has 1 aliphatic rings. The first-order valence-corrected chi connectivity index (χ1v) is 7.16. The molecule has 1 heterocycles. The van der Waals surface area contributed by atoms with Gasteiger partial charge in [-0.1, -0.05) is 12.1 Å². The molecule has 1 aromatic rings. The van der Waals surface area contributed by atoms with Gasteiger partial charge in [0.25, 0.3) is 0 Å². The quantitative estimate of drug-likeness (QED) is 0.866. The highest BCUT2D eigenvalue weighted by Crippen LogP contribution is 2.33. The lowest BCUT2D eigenvalue weighted by atomic mass is 9.90. The first-order chi connectivity index (χ1) is 8.02. The van der Waals surface area contributed by atoms with Crippen LogP contribution in [0.4, 0.5) is 0 Å². The van der Waals surface area contributed by atoms with E-state index in [1.165, 1.54) is 34.6 Å². The molecule has 0 radical (unpaired) electrons. The summed E-state index contributed by atoms with van der Waals surface area (Å²) in [4.78, 5) is 1.41. The second-order valence-corrected chi connectivity index (χ2v) is 6.33. The highest BCUT2D eigenvalue weighted by atomic mass is 32.2. The fraction of sp³-hybridized carbons (Fsp3) is 0.571. The van der Waals surface area contributed by atoms with Crippen molar-refractivity contribution < 1.29 is 5.11 Å².